The molecule has 0 amide bonds. The Balaban J connectivity index is 0.000000178. The van der Waals surface area contributed by atoms with Crippen molar-refractivity contribution in [3.63, 3.8) is 0 Å². The molecule has 0 aromatic heterocycles. The molecule has 1 heterocycles. The van der Waals surface area contributed by atoms with E-state index in [1.807, 2.05) is 30.0 Å². The SMILES string of the molecule is NC1(C(=O)O)CCc2ccccc21.NC1CCSCC1. The number of carboxylic acid groups (broad SMARTS) is 1. The molecule has 0 bridgehead atoms. The molecule has 1 atom stereocenters. The minimum absolute atomic E-state index is 0.502. The Labute approximate surface area is 123 Å². The first-order chi connectivity index (χ1) is 9.54. The largest absolute Gasteiger partial charge is 0.480 e. The Morgan fingerprint density at radius 3 is 2.50 bits per heavy atom. The topological polar surface area (TPSA) is 89.3 Å². The standard InChI is InChI=1S/C10H11NO2.C5H11NS/c11-10(9(12)13)6-5-7-3-1-2-4-8(7)10;6-5-1-3-7-4-2-5/h1-4H,5-6,11H2,(H,12,13);5H,1-4,6H2. The van der Waals surface area contributed by atoms with Crippen LogP contribution in [0.25, 0.3) is 0 Å². The number of thioether (sulfide) groups is 1. The molecule has 3 rings (SSSR count). The molecule has 5 heteroatoms. The number of hydrogen-bond donors (Lipinski definition) is 3. The van der Waals surface area contributed by atoms with Crippen molar-refractivity contribution in [2.75, 3.05) is 11.5 Å². The van der Waals surface area contributed by atoms with Crippen LogP contribution in [-0.2, 0) is 16.8 Å². The van der Waals surface area contributed by atoms with Crippen LogP contribution < -0.4 is 11.5 Å². The maximum absolute atomic E-state index is 11.0. The highest BCUT2D eigenvalue weighted by Gasteiger charge is 2.41. The molecule has 0 radical (unpaired) electrons. The molecular formula is C15H22N2O2S. The summed E-state index contributed by atoms with van der Waals surface area (Å²) in [5, 5.41) is 8.99. The fourth-order valence-electron chi connectivity index (χ4n) is 2.58. The summed E-state index contributed by atoms with van der Waals surface area (Å²) >= 11 is 2.02. The van der Waals surface area contributed by atoms with Crippen LogP contribution in [0.4, 0.5) is 0 Å². The van der Waals surface area contributed by atoms with E-state index in [2.05, 4.69) is 0 Å². The number of fused-ring (bicyclic) bond motifs is 1. The van der Waals surface area contributed by atoms with Crippen molar-refractivity contribution in [2.45, 2.75) is 37.3 Å². The maximum atomic E-state index is 11.0. The number of carbonyl (C=O) groups is 1. The second kappa shape index (κ2) is 6.61. The summed E-state index contributed by atoms with van der Waals surface area (Å²) < 4.78 is 0. The molecule has 1 fully saturated rings. The lowest BCUT2D eigenvalue weighted by Crippen LogP contribution is -2.42. The van der Waals surface area contributed by atoms with Gasteiger partial charge in [-0.05, 0) is 48.3 Å². The number of rotatable bonds is 1. The van der Waals surface area contributed by atoms with E-state index in [1.165, 1.54) is 24.3 Å². The van der Waals surface area contributed by atoms with Crippen LogP contribution in [-0.4, -0.2) is 28.6 Å². The Morgan fingerprint density at radius 2 is 1.95 bits per heavy atom. The van der Waals surface area contributed by atoms with Gasteiger partial charge in [-0.3, -0.25) is 0 Å². The Bertz CT molecular complexity index is 475. The summed E-state index contributed by atoms with van der Waals surface area (Å²) in [5.74, 6) is 1.62. The highest BCUT2D eigenvalue weighted by Crippen LogP contribution is 2.34. The molecule has 1 aromatic rings. The maximum Gasteiger partial charge on any atom is 0.328 e. The number of hydrogen-bond acceptors (Lipinski definition) is 4. The van der Waals surface area contributed by atoms with Gasteiger partial charge in [-0.15, -0.1) is 0 Å². The third kappa shape index (κ3) is 3.34. The molecule has 0 saturated carbocycles. The molecular weight excluding hydrogens is 272 g/mol. The Morgan fingerprint density at radius 1 is 1.30 bits per heavy atom. The first kappa shape index (κ1) is 15.4. The van der Waals surface area contributed by atoms with Crippen LogP contribution in [0.1, 0.15) is 30.4 Å². The number of nitrogens with two attached hydrogens (primary N) is 2. The van der Waals surface area contributed by atoms with Gasteiger partial charge in [0.25, 0.3) is 0 Å². The van der Waals surface area contributed by atoms with Crippen LogP contribution in [0, 0.1) is 0 Å². The lowest BCUT2D eigenvalue weighted by molar-refractivity contribution is -0.143. The van der Waals surface area contributed by atoms with E-state index < -0.39 is 11.5 Å². The van der Waals surface area contributed by atoms with E-state index in [0.29, 0.717) is 12.5 Å². The van der Waals surface area contributed by atoms with E-state index >= 15 is 0 Å². The van der Waals surface area contributed by atoms with Crippen LogP contribution in [0.3, 0.4) is 0 Å². The van der Waals surface area contributed by atoms with Crippen molar-refractivity contribution in [3.05, 3.63) is 35.4 Å². The predicted octanol–water partition coefficient (Wildman–Crippen LogP) is 1.71. The van der Waals surface area contributed by atoms with Crippen molar-refractivity contribution >= 4 is 17.7 Å². The molecule has 1 aliphatic carbocycles. The summed E-state index contributed by atoms with van der Waals surface area (Å²) in [7, 11) is 0. The van der Waals surface area contributed by atoms with E-state index in [4.69, 9.17) is 16.6 Å². The van der Waals surface area contributed by atoms with Crippen LogP contribution >= 0.6 is 11.8 Å². The summed E-state index contributed by atoms with van der Waals surface area (Å²) in [6.07, 6.45) is 3.72. The van der Waals surface area contributed by atoms with E-state index in [-0.39, 0.29) is 0 Å². The molecule has 2 aliphatic rings. The summed E-state index contributed by atoms with van der Waals surface area (Å²) in [5.41, 5.74) is 12.1. The lowest BCUT2D eigenvalue weighted by Gasteiger charge is -2.19. The number of carboxylic acids is 1. The number of benzene rings is 1. The highest BCUT2D eigenvalue weighted by atomic mass is 32.2. The van der Waals surface area contributed by atoms with Gasteiger partial charge in [0, 0.05) is 6.04 Å². The van der Waals surface area contributed by atoms with Gasteiger partial charge >= 0.3 is 5.97 Å². The fourth-order valence-corrected chi connectivity index (χ4v) is 3.72. The van der Waals surface area contributed by atoms with Crippen molar-refractivity contribution in [1.29, 1.82) is 0 Å². The van der Waals surface area contributed by atoms with E-state index in [1.54, 1.807) is 6.07 Å². The van der Waals surface area contributed by atoms with Gasteiger partial charge in [0.1, 0.15) is 5.54 Å². The minimum Gasteiger partial charge on any atom is -0.480 e. The number of aryl methyl sites for hydroxylation is 1. The molecule has 1 aliphatic heterocycles. The van der Waals surface area contributed by atoms with Gasteiger partial charge in [-0.2, -0.15) is 11.8 Å². The molecule has 0 spiro atoms. The van der Waals surface area contributed by atoms with Crippen molar-refractivity contribution in [3.8, 4) is 0 Å². The first-order valence-electron chi connectivity index (χ1n) is 6.98. The Kier molecular flexibility index (Phi) is 5.07. The molecule has 1 saturated heterocycles. The third-order valence-corrected chi connectivity index (χ3v) is 4.98. The van der Waals surface area contributed by atoms with Crippen molar-refractivity contribution in [2.24, 2.45) is 11.5 Å². The second-order valence-corrected chi connectivity index (χ2v) is 6.61. The lowest BCUT2D eigenvalue weighted by atomic mass is 9.93. The summed E-state index contributed by atoms with van der Waals surface area (Å²) in [6, 6.07) is 7.99. The van der Waals surface area contributed by atoms with Crippen molar-refractivity contribution in [1.82, 2.24) is 0 Å². The zero-order chi connectivity index (χ0) is 14.6. The molecule has 5 N–H and O–H groups in total. The Hall–Kier alpha value is -1.04. The average Bonchev–Trinajstić information content (AvgIpc) is 2.80. The van der Waals surface area contributed by atoms with Crippen LogP contribution in [0.2, 0.25) is 0 Å². The van der Waals surface area contributed by atoms with Gasteiger partial charge in [0.05, 0.1) is 0 Å². The first-order valence-corrected chi connectivity index (χ1v) is 8.13. The third-order valence-electron chi connectivity index (χ3n) is 3.93. The zero-order valence-corrected chi connectivity index (χ0v) is 12.4. The normalized spacial score (nSPS) is 25.5. The van der Waals surface area contributed by atoms with Gasteiger partial charge in [0.2, 0.25) is 0 Å². The molecule has 20 heavy (non-hydrogen) atoms. The second-order valence-electron chi connectivity index (χ2n) is 5.38. The average molecular weight is 294 g/mol. The highest BCUT2D eigenvalue weighted by molar-refractivity contribution is 7.99. The van der Waals surface area contributed by atoms with Crippen molar-refractivity contribution < 1.29 is 9.90 Å². The van der Waals surface area contributed by atoms with Crippen LogP contribution in [0.15, 0.2) is 24.3 Å². The van der Waals surface area contributed by atoms with Gasteiger partial charge in [-0.25, -0.2) is 4.79 Å². The smallest absolute Gasteiger partial charge is 0.328 e. The van der Waals surface area contributed by atoms with Crippen LogP contribution in [0.5, 0.6) is 0 Å². The fraction of sp³-hybridized carbons (Fsp3) is 0.533. The summed E-state index contributed by atoms with van der Waals surface area (Å²) in [6.45, 7) is 0. The quantitative estimate of drug-likeness (QED) is 0.733. The zero-order valence-electron chi connectivity index (χ0n) is 11.5. The molecule has 4 nitrogen and oxygen atoms in total. The monoisotopic (exact) mass is 294 g/mol. The van der Waals surface area contributed by atoms with Gasteiger partial charge in [0.15, 0.2) is 0 Å². The van der Waals surface area contributed by atoms with E-state index in [0.717, 1.165) is 17.5 Å². The minimum atomic E-state index is -1.16. The number of aliphatic carboxylic acids is 1. The summed E-state index contributed by atoms with van der Waals surface area (Å²) in [4.78, 5) is 11.0. The molecule has 1 aromatic carbocycles. The predicted molar refractivity (Wildman–Crippen MR) is 82.8 cm³/mol. The van der Waals surface area contributed by atoms with E-state index in [9.17, 15) is 4.79 Å². The van der Waals surface area contributed by atoms with Gasteiger partial charge in [-0.1, -0.05) is 24.3 Å². The molecule has 1 unspecified atom stereocenters. The molecule has 110 valence electrons. The van der Waals surface area contributed by atoms with Gasteiger partial charge < -0.3 is 16.6 Å².